The first-order chi connectivity index (χ1) is 6.06. The molecule has 8 heteroatoms. The second kappa shape index (κ2) is 3.77. The van der Waals surface area contributed by atoms with Crippen molar-refractivity contribution in [2.75, 3.05) is 0 Å². The fraction of sp³-hybridized carbons (Fsp3) is 0.200. The zero-order valence-electron chi connectivity index (χ0n) is 5.76. The molecular formula is C5HBrF3NO3. The van der Waals surface area contributed by atoms with Gasteiger partial charge >= 0.3 is 5.97 Å². The number of aromatic nitrogens is 1. The molecule has 0 spiro atoms. The molecule has 72 valence electrons. The molecule has 13 heavy (non-hydrogen) atoms. The first kappa shape index (κ1) is 10.0. The van der Waals surface area contributed by atoms with Gasteiger partial charge in [-0.05, 0) is 0 Å². The maximum absolute atomic E-state index is 12.1. The van der Waals surface area contributed by atoms with Crippen LogP contribution in [0.1, 0.15) is 22.7 Å². The Morgan fingerprint density at radius 3 is 2.69 bits per heavy atom. The van der Waals surface area contributed by atoms with Crippen LogP contribution in [0.4, 0.5) is 13.3 Å². The second-order valence-corrected chi connectivity index (χ2v) is 2.52. The topological polar surface area (TPSA) is 52.3 Å². The SMILES string of the molecule is O=C(OF)c1oc(Br)nc1C(F)F. The van der Waals surface area contributed by atoms with E-state index < -0.39 is 23.8 Å². The Labute approximate surface area is 77.7 Å². The van der Waals surface area contributed by atoms with Gasteiger partial charge in [-0.3, -0.25) is 0 Å². The van der Waals surface area contributed by atoms with Gasteiger partial charge in [0.15, 0.2) is 5.69 Å². The monoisotopic (exact) mass is 259 g/mol. The molecule has 0 aliphatic heterocycles. The lowest BCUT2D eigenvalue weighted by Gasteiger charge is -1.93. The van der Waals surface area contributed by atoms with E-state index in [4.69, 9.17) is 0 Å². The van der Waals surface area contributed by atoms with Crippen molar-refractivity contribution in [3.8, 4) is 0 Å². The van der Waals surface area contributed by atoms with E-state index in [1.54, 1.807) is 0 Å². The lowest BCUT2D eigenvalue weighted by Crippen LogP contribution is -2.01. The van der Waals surface area contributed by atoms with Crippen molar-refractivity contribution in [2.45, 2.75) is 6.43 Å². The summed E-state index contributed by atoms with van der Waals surface area (Å²) in [6.07, 6.45) is -3.04. The van der Waals surface area contributed by atoms with Gasteiger partial charge in [0.05, 0.1) is 0 Å². The predicted octanol–water partition coefficient (Wildman–Crippen LogP) is 2.42. The van der Waals surface area contributed by atoms with E-state index in [1.165, 1.54) is 0 Å². The second-order valence-electron chi connectivity index (χ2n) is 1.85. The lowest BCUT2D eigenvalue weighted by atomic mass is 10.3. The van der Waals surface area contributed by atoms with Gasteiger partial charge in [0.1, 0.15) is 0 Å². The third-order valence-corrected chi connectivity index (χ3v) is 1.43. The molecule has 0 bridgehead atoms. The van der Waals surface area contributed by atoms with Gasteiger partial charge in [-0.25, -0.2) is 23.5 Å². The van der Waals surface area contributed by atoms with E-state index >= 15 is 0 Å². The summed E-state index contributed by atoms with van der Waals surface area (Å²) in [5.41, 5.74) is -0.963. The molecule has 1 aromatic rings. The highest BCUT2D eigenvalue weighted by Gasteiger charge is 2.27. The number of carbonyl (C=O) groups is 1. The van der Waals surface area contributed by atoms with Crippen LogP contribution in [0, 0.1) is 0 Å². The molecule has 1 rings (SSSR count). The predicted molar refractivity (Wildman–Crippen MR) is 35.7 cm³/mol. The summed E-state index contributed by atoms with van der Waals surface area (Å²) in [7, 11) is 0. The molecule has 0 N–H and O–H groups in total. The first-order valence-electron chi connectivity index (χ1n) is 2.83. The van der Waals surface area contributed by atoms with Crippen LogP contribution in [0.3, 0.4) is 0 Å². The van der Waals surface area contributed by atoms with Crippen LogP contribution in [-0.4, -0.2) is 11.0 Å². The Balaban J connectivity index is 3.11. The van der Waals surface area contributed by atoms with Crippen LogP contribution in [0.5, 0.6) is 0 Å². The van der Waals surface area contributed by atoms with Crippen molar-refractivity contribution < 1.29 is 27.5 Å². The Hall–Kier alpha value is -1.05. The zero-order chi connectivity index (χ0) is 10.0. The summed E-state index contributed by atoms with van der Waals surface area (Å²) in [6, 6.07) is 0. The molecular weight excluding hydrogens is 259 g/mol. The van der Waals surface area contributed by atoms with Gasteiger partial charge in [0.25, 0.3) is 11.2 Å². The first-order valence-corrected chi connectivity index (χ1v) is 3.63. The zero-order valence-corrected chi connectivity index (χ0v) is 7.35. The molecule has 0 saturated carbocycles. The van der Waals surface area contributed by atoms with Crippen molar-refractivity contribution in [3.63, 3.8) is 0 Å². The number of oxazole rings is 1. The average Bonchev–Trinajstić information content (AvgIpc) is 2.46. The summed E-state index contributed by atoms with van der Waals surface area (Å²) in [5.74, 6) is -2.60. The third-order valence-electron chi connectivity index (χ3n) is 1.09. The molecule has 1 aromatic heterocycles. The summed E-state index contributed by atoms with van der Waals surface area (Å²) in [5, 5.41) is 0. The standard InChI is InChI=1S/C5HBrF3NO3/c6-5-10-1(3(7)8)2(12-5)4(11)13-9/h3H. The van der Waals surface area contributed by atoms with Crippen LogP contribution in [0.25, 0.3) is 0 Å². The number of rotatable bonds is 2. The number of halogens is 4. The number of hydrogen-bond donors (Lipinski definition) is 0. The average molecular weight is 260 g/mol. The largest absolute Gasteiger partial charge is 0.423 e. The molecule has 0 aromatic carbocycles. The van der Waals surface area contributed by atoms with E-state index in [0.29, 0.717) is 0 Å². The van der Waals surface area contributed by atoms with Crippen LogP contribution < -0.4 is 0 Å². The Kier molecular flexibility index (Phi) is 2.91. The molecule has 0 saturated heterocycles. The van der Waals surface area contributed by atoms with Gasteiger partial charge in [0.2, 0.25) is 5.76 Å². The fourth-order valence-electron chi connectivity index (χ4n) is 0.634. The molecule has 0 aliphatic carbocycles. The summed E-state index contributed by atoms with van der Waals surface area (Å²) >= 11 is 2.61. The number of carbonyl (C=O) groups excluding carboxylic acids is 1. The smallest absolute Gasteiger partial charge is 0.416 e. The van der Waals surface area contributed by atoms with Gasteiger partial charge in [-0.15, -0.1) is 0 Å². The van der Waals surface area contributed by atoms with E-state index in [1.807, 2.05) is 0 Å². The van der Waals surface area contributed by atoms with Crippen molar-refractivity contribution in [3.05, 3.63) is 16.3 Å². The van der Waals surface area contributed by atoms with E-state index in [-0.39, 0.29) is 4.80 Å². The highest BCUT2D eigenvalue weighted by Crippen LogP contribution is 2.25. The van der Waals surface area contributed by atoms with Gasteiger partial charge < -0.3 is 4.42 Å². The van der Waals surface area contributed by atoms with E-state index in [0.717, 1.165) is 0 Å². The number of alkyl halides is 2. The number of hydrogen-bond acceptors (Lipinski definition) is 4. The highest BCUT2D eigenvalue weighted by molar-refractivity contribution is 9.10. The van der Waals surface area contributed by atoms with Crippen LogP contribution >= 0.6 is 15.9 Å². The fourth-order valence-corrected chi connectivity index (χ4v) is 0.987. The molecule has 0 unspecified atom stereocenters. The maximum atomic E-state index is 12.1. The molecule has 0 amide bonds. The van der Waals surface area contributed by atoms with Gasteiger partial charge in [0, 0.05) is 20.5 Å². The normalized spacial score (nSPS) is 10.5. The quantitative estimate of drug-likeness (QED) is 0.819. The van der Waals surface area contributed by atoms with Gasteiger partial charge in [-0.1, -0.05) is 0 Å². The van der Waals surface area contributed by atoms with Crippen molar-refractivity contribution in [1.29, 1.82) is 0 Å². The molecule has 0 radical (unpaired) electrons. The Morgan fingerprint density at radius 2 is 2.23 bits per heavy atom. The minimum atomic E-state index is -3.04. The van der Waals surface area contributed by atoms with Crippen molar-refractivity contribution >= 4 is 21.9 Å². The molecule has 4 nitrogen and oxygen atoms in total. The minimum absolute atomic E-state index is 0.344. The van der Waals surface area contributed by atoms with Gasteiger partial charge in [-0.2, -0.15) is 0 Å². The molecule has 0 atom stereocenters. The minimum Gasteiger partial charge on any atom is -0.423 e. The van der Waals surface area contributed by atoms with Crippen molar-refractivity contribution in [1.82, 2.24) is 4.98 Å². The number of nitrogens with zero attached hydrogens (tertiary/aromatic N) is 1. The Bertz CT molecular complexity index is 327. The van der Waals surface area contributed by atoms with Crippen LogP contribution in [0.2, 0.25) is 0 Å². The van der Waals surface area contributed by atoms with Crippen LogP contribution in [-0.2, 0) is 4.94 Å². The molecule has 1 heterocycles. The summed E-state index contributed by atoms with van der Waals surface area (Å²) < 4.78 is 39.8. The highest BCUT2D eigenvalue weighted by atomic mass is 79.9. The molecule has 0 aliphatic rings. The Morgan fingerprint density at radius 1 is 1.62 bits per heavy atom. The maximum Gasteiger partial charge on any atom is 0.416 e. The van der Waals surface area contributed by atoms with E-state index in [9.17, 15) is 18.1 Å². The lowest BCUT2D eigenvalue weighted by molar-refractivity contribution is -0.0817. The molecule has 0 fully saturated rings. The summed E-state index contributed by atoms with van der Waals surface area (Å²) in [4.78, 5) is 15.9. The third kappa shape index (κ3) is 2.00. The van der Waals surface area contributed by atoms with Crippen LogP contribution in [0.15, 0.2) is 9.22 Å². The summed E-state index contributed by atoms with van der Waals surface area (Å²) in [6.45, 7) is 0. The van der Waals surface area contributed by atoms with E-state index in [2.05, 4.69) is 30.3 Å². The van der Waals surface area contributed by atoms with Crippen molar-refractivity contribution in [2.24, 2.45) is 0 Å².